The topological polar surface area (TPSA) is 58.6 Å². The summed E-state index contributed by atoms with van der Waals surface area (Å²) in [6.45, 7) is -0.127. The van der Waals surface area contributed by atoms with Crippen LogP contribution in [0.2, 0.25) is 0 Å². The molecule has 1 rings (SSSR count). The molecule has 13 heavy (non-hydrogen) atoms. The lowest BCUT2D eigenvalue weighted by Crippen LogP contribution is -2.41. The fraction of sp³-hybridized carbons (Fsp3) is 0.857. The molecular formula is C7H11F2NO3. The molecule has 1 aliphatic rings. The smallest absolute Gasteiger partial charge is 0.320 e. The van der Waals surface area contributed by atoms with Crippen molar-refractivity contribution in [2.75, 3.05) is 13.7 Å². The minimum absolute atomic E-state index is 0.127. The number of rotatable bonds is 3. The van der Waals surface area contributed by atoms with E-state index in [4.69, 9.17) is 5.11 Å². The molecule has 1 aliphatic heterocycles. The molecule has 1 saturated heterocycles. The van der Waals surface area contributed by atoms with Gasteiger partial charge in [-0.1, -0.05) is 0 Å². The Morgan fingerprint density at radius 3 is 2.62 bits per heavy atom. The summed E-state index contributed by atoms with van der Waals surface area (Å²) in [4.78, 5) is 10.5. The zero-order valence-corrected chi connectivity index (χ0v) is 7.09. The van der Waals surface area contributed by atoms with E-state index in [1.807, 2.05) is 0 Å². The molecule has 1 heterocycles. The number of hydrogen-bond donors (Lipinski definition) is 2. The third kappa shape index (κ3) is 1.78. The molecule has 1 fully saturated rings. The molecule has 2 atom stereocenters. The molecule has 0 amide bonds. The zero-order chi connectivity index (χ0) is 10.1. The van der Waals surface area contributed by atoms with Crippen LogP contribution in [0, 0.1) is 0 Å². The first-order valence-corrected chi connectivity index (χ1v) is 3.81. The average Bonchev–Trinajstić information content (AvgIpc) is 2.49. The summed E-state index contributed by atoms with van der Waals surface area (Å²) in [5, 5.41) is 11.0. The van der Waals surface area contributed by atoms with Crippen LogP contribution in [0.1, 0.15) is 6.42 Å². The van der Waals surface area contributed by atoms with Gasteiger partial charge in [-0.05, 0) is 0 Å². The first-order valence-electron chi connectivity index (χ1n) is 3.81. The van der Waals surface area contributed by atoms with Crippen molar-refractivity contribution in [3.05, 3.63) is 0 Å². The summed E-state index contributed by atoms with van der Waals surface area (Å²) < 4.78 is 29.6. The van der Waals surface area contributed by atoms with Crippen LogP contribution in [0.25, 0.3) is 0 Å². The molecule has 0 aromatic rings. The minimum Gasteiger partial charge on any atom is -0.480 e. The lowest BCUT2D eigenvalue weighted by Gasteiger charge is -2.25. The number of hydrogen-bond acceptors (Lipinski definition) is 3. The average molecular weight is 195 g/mol. The number of ether oxygens (including phenoxy) is 1. The molecule has 0 aromatic carbocycles. The van der Waals surface area contributed by atoms with E-state index in [9.17, 15) is 13.6 Å². The van der Waals surface area contributed by atoms with E-state index < -0.39 is 24.0 Å². The standard InChI is InChI=1S/C7H11F2NO3/c1-13-7(6(8)9)2-4(5(11)12)10-3-7/h4,6,10H,2-3H2,1H3,(H,11,12)/t4-,7-/m0/s1. The van der Waals surface area contributed by atoms with Gasteiger partial charge in [0.05, 0.1) is 0 Å². The molecule has 0 spiro atoms. The monoisotopic (exact) mass is 195 g/mol. The maximum Gasteiger partial charge on any atom is 0.320 e. The highest BCUT2D eigenvalue weighted by atomic mass is 19.3. The van der Waals surface area contributed by atoms with Gasteiger partial charge >= 0.3 is 5.97 Å². The van der Waals surface area contributed by atoms with Gasteiger partial charge in [-0.15, -0.1) is 0 Å². The number of carbonyl (C=O) groups is 1. The second-order valence-corrected chi connectivity index (χ2v) is 3.05. The van der Waals surface area contributed by atoms with Gasteiger partial charge in [-0.3, -0.25) is 4.79 Å². The van der Waals surface area contributed by atoms with Crippen LogP contribution in [0.4, 0.5) is 8.78 Å². The zero-order valence-electron chi connectivity index (χ0n) is 7.09. The summed E-state index contributed by atoms with van der Waals surface area (Å²) in [6, 6.07) is -0.936. The summed E-state index contributed by atoms with van der Waals surface area (Å²) in [5.74, 6) is -1.13. The van der Waals surface area contributed by atoms with Gasteiger partial charge in [-0.2, -0.15) is 0 Å². The van der Waals surface area contributed by atoms with E-state index in [0.717, 1.165) is 7.11 Å². The molecular weight excluding hydrogens is 184 g/mol. The molecule has 4 nitrogen and oxygen atoms in total. The SMILES string of the molecule is CO[C@]1(C(F)F)CN[C@H](C(=O)O)C1. The predicted molar refractivity (Wildman–Crippen MR) is 39.8 cm³/mol. The third-order valence-corrected chi connectivity index (χ3v) is 2.30. The van der Waals surface area contributed by atoms with Gasteiger partial charge in [0.25, 0.3) is 6.43 Å². The Balaban J connectivity index is 2.68. The van der Waals surface area contributed by atoms with E-state index in [1.54, 1.807) is 0 Å². The Morgan fingerprint density at radius 2 is 2.38 bits per heavy atom. The van der Waals surface area contributed by atoms with E-state index in [-0.39, 0.29) is 13.0 Å². The van der Waals surface area contributed by atoms with Crippen molar-refractivity contribution in [3.63, 3.8) is 0 Å². The van der Waals surface area contributed by atoms with Gasteiger partial charge in [0.15, 0.2) is 0 Å². The lowest BCUT2D eigenvalue weighted by atomic mass is 10.0. The molecule has 0 radical (unpaired) electrons. The maximum atomic E-state index is 12.5. The molecule has 0 aromatic heterocycles. The Morgan fingerprint density at radius 1 is 1.77 bits per heavy atom. The van der Waals surface area contributed by atoms with E-state index >= 15 is 0 Å². The second-order valence-electron chi connectivity index (χ2n) is 3.05. The quantitative estimate of drug-likeness (QED) is 0.669. The first kappa shape index (κ1) is 10.3. The van der Waals surface area contributed by atoms with Gasteiger partial charge in [0.1, 0.15) is 11.6 Å². The summed E-state index contributed by atoms with van der Waals surface area (Å²) in [7, 11) is 1.16. The molecule has 0 bridgehead atoms. The minimum atomic E-state index is -2.67. The van der Waals surface area contributed by atoms with Crippen molar-refractivity contribution < 1.29 is 23.4 Å². The fourth-order valence-corrected chi connectivity index (χ4v) is 1.37. The van der Waals surface area contributed by atoms with E-state index in [0.29, 0.717) is 0 Å². The van der Waals surface area contributed by atoms with Crippen LogP contribution >= 0.6 is 0 Å². The highest BCUT2D eigenvalue weighted by Crippen LogP contribution is 2.29. The van der Waals surface area contributed by atoms with Gasteiger partial charge < -0.3 is 15.2 Å². The van der Waals surface area contributed by atoms with Crippen molar-refractivity contribution in [1.29, 1.82) is 0 Å². The maximum absolute atomic E-state index is 12.5. The van der Waals surface area contributed by atoms with E-state index in [2.05, 4.69) is 10.1 Å². The van der Waals surface area contributed by atoms with Crippen LogP contribution in [0.15, 0.2) is 0 Å². The lowest BCUT2D eigenvalue weighted by molar-refractivity contribution is -0.141. The Hall–Kier alpha value is -0.750. The number of carboxylic acids is 1. The van der Waals surface area contributed by atoms with Crippen molar-refractivity contribution in [2.24, 2.45) is 0 Å². The highest BCUT2D eigenvalue weighted by molar-refractivity contribution is 5.74. The second kappa shape index (κ2) is 3.55. The number of halogens is 2. The normalized spacial score (nSPS) is 34.0. The number of aliphatic carboxylic acids is 1. The summed E-state index contributed by atoms with van der Waals surface area (Å²) in [5.41, 5.74) is -1.64. The van der Waals surface area contributed by atoms with Crippen LogP contribution in [0.3, 0.4) is 0 Å². The van der Waals surface area contributed by atoms with Crippen molar-refractivity contribution in [2.45, 2.75) is 24.5 Å². The molecule has 2 N–H and O–H groups in total. The Kier molecular flexibility index (Phi) is 2.82. The van der Waals surface area contributed by atoms with Crippen molar-refractivity contribution >= 4 is 5.97 Å². The third-order valence-electron chi connectivity index (χ3n) is 2.30. The Labute approximate surface area is 73.9 Å². The van der Waals surface area contributed by atoms with Crippen LogP contribution < -0.4 is 5.32 Å². The van der Waals surface area contributed by atoms with E-state index in [1.165, 1.54) is 0 Å². The van der Waals surface area contributed by atoms with Gasteiger partial charge in [0.2, 0.25) is 0 Å². The predicted octanol–water partition coefficient (Wildman–Crippen LogP) is 0.0832. The molecule has 0 aliphatic carbocycles. The number of nitrogens with one attached hydrogen (secondary N) is 1. The van der Waals surface area contributed by atoms with Crippen molar-refractivity contribution in [3.8, 4) is 0 Å². The summed E-state index contributed by atoms with van der Waals surface area (Å²) in [6.07, 6.45) is -2.87. The molecule has 0 unspecified atom stereocenters. The van der Waals surface area contributed by atoms with Gasteiger partial charge in [-0.25, -0.2) is 8.78 Å². The fourth-order valence-electron chi connectivity index (χ4n) is 1.37. The number of alkyl halides is 2. The molecule has 0 saturated carbocycles. The van der Waals surface area contributed by atoms with Crippen LogP contribution in [0.5, 0.6) is 0 Å². The van der Waals surface area contributed by atoms with Crippen LogP contribution in [-0.4, -0.2) is 42.8 Å². The number of methoxy groups -OCH3 is 1. The number of carboxylic acid groups (broad SMARTS) is 1. The molecule has 6 heteroatoms. The molecule has 76 valence electrons. The Bertz CT molecular complexity index is 212. The first-order chi connectivity index (χ1) is 6.02. The summed E-state index contributed by atoms with van der Waals surface area (Å²) >= 11 is 0. The highest BCUT2D eigenvalue weighted by Gasteiger charge is 2.48. The van der Waals surface area contributed by atoms with Crippen LogP contribution in [-0.2, 0) is 9.53 Å². The van der Waals surface area contributed by atoms with Gasteiger partial charge in [0, 0.05) is 20.1 Å². The largest absolute Gasteiger partial charge is 0.480 e. The van der Waals surface area contributed by atoms with Crippen molar-refractivity contribution in [1.82, 2.24) is 5.32 Å².